The van der Waals surface area contributed by atoms with E-state index in [1.165, 1.54) is 12.1 Å². The van der Waals surface area contributed by atoms with Gasteiger partial charge in [0.05, 0.1) is 11.1 Å². The summed E-state index contributed by atoms with van der Waals surface area (Å²) in [7, 11) is 0. The summed E-state index contributed by atoms with van der Waals surface area (Å²) in [6, 6.07) is 4.48. The van der Waals surface area contributed by atoms with Crippen LogP contribution in [0.25, 0.3) is 0 Å². The molecule has 0 aliphatic rings. The number of ether oxygens (including phenoxy) is 1. The summed E-state index contributed by atoms with van der Waals surface area (Å²) in [5.74, 6) is -0.483. The molecule has 90 valence electrons. The smallest absolute Gasteiger partial charge is 0.142 e. The maximum atomic E-state index is 13.2. The van der Waals surface area contributed by atoms with Crippen LogP contribution in [0.2, 0.25) is 5.02 Å². The van der Waals surface area contributed by atoms with Crippen molar-refractivity contribution >= 4 is 11.6 Å². The van der Waals surface area contributed by atoms with Crippen LogP contribution >= 0.6 is 11.6 Å². The van der Waals surface area contributed by atoms with Crippen LogP contribution in [0.4, 0.5) is 4.39 Å². The molecule has 1 aromatic carbocycles. The van der Waals surface area contributed by atoms with Crippen LogP contribution in [0.1, 0.15) is 18.1 Å². The molecule has 0 bridgehead atoms. The maximum absolute atomic E-state index is 13.2. The molecule has 0 amide bonds. The normalized spacial score (nSPS) is 12.8. The monoisotopic (exact) mass is 247 g/mol. The van der Waals surface area contributed by atoms with E-state index in [1.807, 2.05) is 0 Å². The Hall–Kier alpha value is -0.680. The SMILES string of the molecule is NCC(OCCCO)c1ccc(Cl)c(F)c1. The van der Waals surface area contributed by atoms with Gasteiger partial charge in [-0.2, -0.15) is 0 Å². The Morgan fingerprint density at radius 2 is 2.25 bits per heavy atom. The third-order valence-electron chi connectivity index (χ3n) is 2.15. The first-order valence-electron chi connectivity index (χ1n) is 5.06. The molecule has 0 aliphatic carbocycles. The van der Waals surface area contributed by atoms with Crippen molar-refractivity contribution in [2.45, 2.75) is 12.5 Å². The molecule has 16 heavy (non-hydrogen) atoms. The highest BCUT2D eigenvalue weighted by atomic mass is 35.5. The summed E-state index contributed by atoms with van der Waals surface area (Å²) in [5, 5.41) is 8.69. The highest BCUT2D eigenvalue weighted by molar-refractivity contribution is 6.30. The van der Waals surface area contributed by atoms with Gasteiger partial charge < -0.3 is 15.6 Å². The standard InChI is InChI=1S/C11H15ClFNO2/c12-9-3-2-8(6-10(9)13)11(7-14)16-5-1-4-15/h2-3,6,11,15H,1,4-5,7,14H2. The quantitative estimate of drug-likeness (QED) is 0.755. The molecule has 1 unspecified atom stereocenters. The second-order valence-electron chi connectivity index (χ2n) is 3.35. The zero-order chi connectivity index (χ0) is 12.0. The molecule has 3 nitrogen and oxygen atoms in total. The van der Waals surface area contributed by atoms with Crippen molar-refractivity contribution in [2.75, 3.05) is 19.8 Å². The predicted octanol–water partition coefficient (Wildman–Crippen LogP) is 1.88. The summed E-state index contributed by atoms with van der Waals surface area (Å²) in [6.45, 7) is 0.710. The number of benzene rings is 1. The first kappa shape index (κ1) is 13.4. The molecular formula is C11H15ClFNO2. The van der Waals surface area contributed by atoms with Gasteiger partial charge in [-0.3, -0.25) is 0 Å². The van der Waals surface area contributed by atoms with Crippen LogP contribution in [0, 0.1) is 5.82 Å². The molecule has 0 radical (unpaired) electrons. The van der Waals surface area contributed by atoms with Crippen LogP contribution in [-0.4, -0.2) is 24.9 Å². The number of halogens is 2. The molecule has 0 saturated heterocycles. The fraction of sp³-hybridized carbons (Fsp3) is 0.455. The third-order valence-corrected chi connectivity index (χ3v) is 2.46. The second-order valence-corrected chi connectivity index (χ2v) is 3.75. The van der Waals surface area contributed by atoms with E-state index in [2.05, 4.69) is 0 Å². The number of nitrogens with two attached hydrogens (primary N) is 1. The van der Waals surface area contributed by atoms with Crippen LogP contribution in [0.15, 0.2) is 18.2 Å². The zero-order valence-electron chi connectivity index (χ0n) is 8.83. The number of hydrogen-bond acceptors (Lipinski definition) is 3. The summed E-state index contributed by atoms with van der Waals surface area (Å²) < 4.78 is 18.6. The summed E-state index contributed by atoms with van der Waals surface area (Å²) >= 11 is 5.58. The number of rotatable bonds is 6. The lowest BCUT2D eigenvalue weighted by Crippen LogP contribution is -2.17. The van der Waals surface area contributed by atoms with E-state index in [0.717, 1.165) is 0 Å². The molecule has 0 aliphatic heterocycles. The van der Waals surface area contributed by atoms with E-state index in [0.29, 0.717) is 18.6 Å². The lowest BCUT2D eigenvalue weighted by molar-refractivity contribution is 0.0487. The third kappa shape index (κ3) is 3.72. The lowest BCUT2D eigenvalue weighted by Gasteiger charge is -2.16. The first-order chi connectivity index (χ1) is 7.69. The molecule has 0 saturated carbocycles. The van der Waals surface area contributed by atoms with Crippen LogP contribution in [0.5, 0.6) is 0 Å². The minimum Gasteiger partial charge on any atom is -0.396 e. The Bertz CT molecular complexity index is 336. The molecule has 5 heteroatoms. The van der Waals surface area contributed by atoms with E-state index in [4.69, 9.17) is 27.2 Å². The fourth-order valence-corrected chi connectivity index (χ4v) is 1.42. The lowest BCUT2D eigenvalue weighted by atomic mass is 10.1. The Morgan fingerprint density at radius 3 is 2.81 bits per heavy atom. The number of aliphatic hydroxyl groups is 1. The zero-order valence-corrected chi connectivity index (χ0v) is 9.58. The van der Waals surface area contributed by atoms with Gasteiger partial charge >= 0.3 is 0 Å². The van der Waals surface area contributed by atoms with Gasteiger partial charge in [-0.05, 0) is 24.1 Å². The van der Waals surface area contributed by atoms with Gasteiger partial charge in [-0.25, -0.2) is 4.39 Å². The van der Waals surface area contributed by atoms with Crippen molar-refractivity contribution in [3.63, 3.8) is 0 Å². The van der Waals surface area contributed by atoms with Gasteiger partial charge in [0.1, 0.15) is 5.82 Å². The van der Waals surface area contributed by atoms with E-state index in [-0.39, 0.29) is 24.3 Å². The fourth-order valence-electron chi connectivity index (χ4n) is 1.30. The molecule has 1 atom stereocenters. The first-order valence-corrected chi connectivity index (χ1v) is 5.44. The van der Waals surface area contributed by atoms with Crippen LogP contribution < -0.4 is 5.73 Å². The molecular weight excluding hydrogens is 233 g/mol. The van der Waals surface area contributed by atoms with E-state index in [9.17, 15) is 4.39 Å². The van der Waals surface area contributed by atoms with Gasteiger partial charge in [0.25, 0.3) is 0 Å². The van der Waals surface area contributed by atoms with Gasteiger partial charge in [0.15, 0.2) is 0 Å². The average molecular weight is 248 g/mol. The van der Waals surface area contributed by atoms with Crippen molar-refractivity contribution in [2.24, 2.45) is 5.73 Å². The largest absolute Gasteiger partial charge is 0.396 e. The minimum absolute atomic E-state index is 0.0618. The molecule has 1 aromatic rings. The van der Waals surface area contributed by atoms with Crippen molar-refractivity contribution in [3.8, 4) is 0 Å². The molecule has 0 spiro atoms. The van der Waals surface area contributed by atoms with Crippen molar-refractivity contribution < 1.29 is 14.2 Å². The van der Waals surface area contributed by atoms with Gasteiger partial charge in [-0.1, -0.05) is 17.7 Å². The highest BCUT2D eigenvalue weighted by Gasteiger charge is 2.11. The topological polar surface area (TPSA) is 55.5 Å². The molecule has 0 heterocycles. The van der Waals surface area contributed by atoms with Crippen LogP contribution in [0.3, 0.4) is 0 Å². The van der Waals surface area contributed by atoms with E-state index < -0.39 is 5.82 Å². The van der Waals surface area contributed by atoms with Crippen LogP contribution in [-0.2, 0) is 4.74 Å². The molecule has 1 rings (SSSR count). The molecule has 3 N–H and O–H groups in total. The maximum Gasteiger partial charge on any atom is 0.142 e. The van der Waals surface area contributed by atoms with Crippen molar-refractivity contribution in [3.05, 3.63) is 34.6 Å². The Balaban J connectivity index is 2.67. The molecule has 0 aromatic heterocycles. The number of aliphatic hydroxyl groups excluding tert-OH is 1. The Morgan fingerprint density at radius 1 is 1.50 bits per heavy atom. The van der Waals surface area contributed by atoms with Gasteiger partial charge in [0, 0.05) is 19.8 Å². The van der Waals surface area contributed by atoms with Gasteiger partial charge in [-0.15, -0.1) is 0 Å². The summed E-state index contributed by atoms with van der Waals surface area (Å²) in [5.41, 5.74) is 6.19. The van der Waals surface area contributed by atoms with Crippen molar-refractivity contribution in [1.29, 1.82) is 0 Å². The molecule has 0 fully saturated rings. The Labute approximate surface area is 99.0 Å². The Kier molecular flexibility index (Phi) is 5.69. The van der Waals surface area contributed by atoms with Crippen molar-refractivity contribution in [1.82, 2.24) is 0 Å². The average Bonchev–Trinajstić information content (AvgIpc) is 2.29. The highest BCUT2D eigenvalue weighted by Crippen LogP contribution is 2.22. The predicted molar refractivity (Wildman–Crippen MR) is 60.9 cm³/mol. The van der Waals surface area contributed by atoms with E-state index >= 15 is 0 Å². The number of hydrogen-bond donors (Lipinski definition) is 2. The summed E-state index contributed by atoms with van der Waals surface area (Å²) in [6.07, 6.45) is 0.172. The minimum atomic E-state index is -0.483. The second kappa shape index (κ2) is 6.81. The van der Waals surface area contributed by atoms with Gasteiger partial charge in [0.2, 0.25) is 0 Å². The van der Waals surface area contributed by atoms with E-state index in [1.54, 1.807) is 6.07 Å². The summed E-state index contributed by atoms with van der Waals surface area (Å²) in [4.78, 5) is 0.